The van der Waals surface area contributed by atoms with Gasteiger partial charge in [0.15, 0.2) is 5.78 Å². The monoisotopic (exact) mass is 293 g/mol. The summed E-state index contributed by atoms with van der Waals surface area (Å²) >= 11 is 6.11. The van der Waals surface area contributed by atoms with Crippen LogP contribution in [0, 0.1) is 0 Å². The zero-order valence-corrected chi connectivity index (χ0v) is 12.3. The molecule has 0 saturated heterocycles. The van der Waals surface area contributed by atoms with E-state index < -0.39 is 0 Å². The number of nitrogens with one attached hydrogen (secondary N) is 1. The van der Waals surface area contributed by atoms with Crippen molar-refractivity contribution in [2.45, 2.75) is 44.6 Å². The molecular weight excluding hydrogens is 274 g/mol. The smallest absolute Gasteiger partial charge is 0.151 e. The van der Waals surface area contributed by atoms with Crippen molar-refractivity contribution in [3.8, 4) is 5.75 Å². The van der Waals surface area contributed by atoms with Crippen LogP contribution in [0.25, 0.3) is 0 Å². The van der Waals surface area contributed by atoms with Gasteiger partial charge >= 0.3 is 0 Å². The van der Waals surface area contributed by atoms with E-state index in [4.69, 9.17) is 16.3 Å². The maximum Gasteiger partial charge on any atom is 0.151 e. The van der Waals surface area contributed by atoms with Gasteiger partial charge in [-0.3, -0.25) is 4.79 Å². The Labute approximate surface area is 124 Å². The number of Topliss-reactive ketones (excluding diaryl/α,β-unsaturated/α-hetero) is 1. The molecule has 1 aliphatic heterocycles. The predicted molar refractivity (Wildman–Crippen MR) is 79.6 cm³/mol. The molecule has 0 bridgehead atoms. The van der Waals surface area contributed by atoms with Crippen LogP contribution in [-0.2, 0) is 17.6 Å². The molecule has 1 N–H and O–H groups in total. The van der Waals surface area contributed by atoms with Crippen LogP contribution < -0.4 is 10.1 Å². The van der Waals surface area contributed by atoms with E-state index in [0.717, 1.165) is 23.3 Å². The summed E-state index contributed by atoms with van der Waals surface area (Å²) in [7, 11) is 0. The van der Waals surface area contributed by atoms with Gasteiger partial charge in [0.1, 0.15) is 5.75 Å². The van der Waals surface area contributed by atoms with Crippen LogP contribution in [0.15, 0.2) is 12.1 Å². The van der Waals surface area contributed by atoms with Gasteiger partial charge in [-0.2, -0.15) is 0 Å². The predicted octanol–water partition coefficient (Wildman–Crippen LogP) is 2.92. The molecule has 20 heavy (non-hydrogen) atoms. The van der Waals surface area contributed by atoms with E-state index in [1.54, 1.807) is 0 Å². The molecule has 0 atom stereocenters. The lowest BCUT2D eigenvalue weighted by atomic mass is 10.0. The average Bonchev–Trinajstić information content (AvgIpc) is 3.06. The van der Waals surface area contributed by atoms with Gasteiger partial charge in [-0.05, 0) is 30.5 Å². The SMILES string of the molecule is O=C(CNC1CCCC1)Cc1cc(Cl)cc2c1OCC2. The molecule has 0 radical (unpaired) electrons. The van der Waals surface area contributed by atoms with Crippen molar-refractivity contribution in [1.82, 2.24) is 5.32 Å². The highest BCUT2D eigenvalue weighted by Crippen LogP contribution is 2.33. The molecule has 1 fully saturated rings. The van der Waals surface area contributed by atoms with E-state index in [2.05, 4.69) is 5.32 Å². The highest BCUT2D eigenvalue weighted by Gasteiger charge is 2.20. The van der Waals surface area contributed by atoms with Gasteiger partial charge in [0.05, 0.1) is 13.2 Å². The van der Waals surface area contributed by atoms with Gasteiger partial charge in [0.2, 0.25) is 0 Å². The molecule has 1 aromatic carbocycles. The Morgan fingerprint density at radius 3 is 2.95 bits per heavy atom. The minimum atomic E-state index is 0.205. The van der Waals surface area contributed by atoms with Crippen molar-refractivity contribution in [3.63, 3.8) is 0 Å². The average molecular weight is 294 g/mol. The number of hydrogen-bond acceptors (Lipinski definition) is 3. The number of rotatable bonds is 5. The van der Waals surface area contributed by atoms with Gasteiger partial charge in [0.25, 0.3) is 0 Å². The summed E-state index contributed by atoms with van der Waals surface area (Å²) in [6.45, 7) is 1.14. The van der Waals surface area contributed by atoms with E-state index in [9.17, 15) is 4.79 Å². The summed E-state index contributed by atoms with van der Waals surface area (Å²) < 4.78 is 5.63. The fourth-order valence-electron chi connectivity index (χ4n) is 3.14. The Hall–Kier alpha value is -1.06. The number of halogens is 1. The lowest BCUT2D eigenvalue weighted by Crippen LogP contribution is -2.32. The summed E-state index contributed by atoms with van der Waals surface area (Å²) in [5, 5.41) is 4.06. The van der Waals surface area contributed by atoms with Crippen molar-refractivity contribution in [1.29, 1.82) is 0 Å². The van der Waals surface area contributed by atoms with Gasteiger partial charge < -0.3 is 10.1 Å². The first-order valence-electron chi connectivity index (χ1n) is 7.41. The second-order valence-corrected chi connectivity index (χ2v) is 6.17. The zero-order chi connectivity index (χ0) is 13.9. The van der Waals surface area contributed by atoms with Crippen LogP contribution in [0.3, 0.4) is 0 Å². The molecular formula is C16H20ClNO2. The Morgan fingerprint density at radius 1 is 1.35 bits per heavy atom. The van der Waals surface area contributed by atoms with Gasteiger partial charge in [-0.15, -0.1) is 0 Å². The first kappa shape index (κ1) is 13.9. The molecule has 1 aliphatic carbocycles. The molecule has 0 spiro atoms. The molecule has 1 heterocycles. The molecule has 0 aromatic heterocycles. The minimum Gasteiger partial charge on any atom is -0.493 e. The highest BCUT2D eigenvalue weighted by molar-refractivity contribution is 6.30. The van der Waals surface area contributed by atoms with E-state index in [0.29, 0.717) is 30.6 Å². The fourth-order valence-corrected chi connectivity index (χ4v) is 3.40. The fraction of sp³-hybridized carbons (Fsp3) is 0.562. The summed E-state index contributed by atoms with van der Waals surface area (Å²) in [6, 6.07) is 4.33. The summed E-state index contributed by atoms with van der Waals surface area (Å²) in [4.78, 5) is 12.1. The third-order valence-corrected chi connectivity index (χ3v) is 4.37. The number of hydrogen-bond donors (Lipinski definition) is 1. The standard InChI is InChI=1S/C16H20ClNO2/c17-13-7-11-5-6-20-16(11)12(8-13)9-15(19)10-18-14-3-1-2-4-14/h7-8,14,18H,1-6,9-10H2. The molecule has 108 valence electrons. The minimum absolute atomic E-state index is 0.205. The maximum absolute atomic E-state index is 12.1. The van der Waals surface area contributed by atoms with Crippen molar-refractivity contribution in [3.05, 3.63) is 28.3 Å². The largest absolute Gasteiger partial charge is 0.493 e. The van der Waals surface area contributed by atoms with Gasteiger partial charge in [-0.1, -0.05) is 24.4 Å². The summed E-state index contributed by atoms with van der Waals surface area (Å²) in [5.41, 5.74) is 2.06. The second kappa shape index (κ2) is 6.15. The van der Waals surface area contributed by atoms with Gasteiger partial charge in [-0.25, -0.2) is 0 Å². The van der Waals surface area contributed by atoms with E-state index in [1.165, 1.54) is 25.7 Å². The zero-order valence-electron chi connectivity index (χ0n) is 11.6. The van der Waals surface area contributed by atoms with Crippen LogP contribution >= 0.6 is 11.6 Å². The molecule has 1 aromatic rings. The Morgan fingerprint density at radius 2 is 2.15 bits per heavy atom. The third kappa shape index (κ3) is 3.15. The van der Waals surface area contributed by atoms with Crippen LogP contribution in [0.5, 0.6) is 5.75 Å². The normalized spacial score (nSPS) is 18.1. The second-order valence-electron chi connectivity index (χ2n) is 5.73. The van der Waals surface area contributed by atoms with Crippen molar-refractivity contribution in [2.24, 2.45) is 0 Å². The number of benzene rings is 1. The Balaban J connectivity index is 1.61. The van der Waals surface area contributed by atoms with Crippen molar-refractivity contribution < 1.29 is 9.53 Å². The van der Waals surface area contributed by atoms with Crippen molar-refractivity contribution >= 4 is 17.4 Å². The number of ether oxygens (including phenoxy) is 1. The Bertz CT molecular complexity index is 509. The van der Waals surface area contributed by atoms with E-state index in [-0.39, 0.29) is 5.78 Å². The number of fused-ring (bicyclic) bond motifs is 1. The number of ketones is 1. The van der Waals surface area contributed by atoms with E-state index >= 15 is 0 Å². The topological polar surface area (TPSA) is 38.3 Å². The van der Waals surface area contributed by atoms with Gasteiger partial charge in [0, 0.05) is 29.5 Å². The summed E-state index contributed by atoms with van der Waals surface area (Å²) in [5.74, 6) is 1.08. The van der Waals surface area contributed by atoms with Crippen LogP contribution in [0.2, 0.25) is 5.02 Å². The highest BCUT2D eigenvalue weighted by atomic mass is 35.5. The first-order valence-corrected chi connectivity index (χ1v) is 7.79. The maximum atomic E-state index is 12.1. The molecule has 3 rings (SSSR count). The molecule has 4 heteroatoms. The number of carbonyl (C=O) groups excluding carboxylic acids is 1. The summed E-state index contributed by atoms with van der Waals surface area (Å²) in [6.07, 6.45) is 6.24. The first-order chi connectivity index (χ1) is 9.72. The lowest BCUT2D eigenvalue weighted by Gasteiger charge is -2.12. The van der Waals surface area contributed by atoms with Crippen molar-refractivity contribution in [2.75, 3.05) is 13.2 Å². The molecule has 2 aliphatic rings. The molecule has 3 nitrogen and oxygen atoms in total. The van der Waals surface area contributed by atoms with Crippen LogP contribution in [-0.4, -0.2) is 25.0 Å². The molecule has 0 amide bonds. The molecule has 1 saturated carbocycles. The quantitative estimate of drug-likeness (QED) is 0.907. The number of carbonyl (C=O) groups is 1. The van der Waals surface area contributed by atoms with E-state index in [1.807, 2.05) is 12.1 Å². The van der Waals surface area contributed by atoms with Crippen LogP contribution in [0.1, 0.15) is 36.8 Å². The molecule has 0 unspecified atom stereocenters. The third-order valence-electron chi connectivity index (χ3n) is 4.16. The van der Waals surface area contributed by atoms with Crippen LogP contribution in [0.4, 0.5) is 0 Å². The lowest BCUT2D eigenvalue weighted by molar-refractivity contribution is -0.117. The Kier molecular flexibility index (Phi) is 4.27.